The lowest BCUT2D eigenvalue weighted by Crippen LogP contribution is -2.44. The summed E-state index contributed by atoms with van der Waals surface area (Å²) in [4.78, 5) is 18.5. The van der Waals surface area contributed by atoms with Gasteiger partial charge in [-0.25, -0.2) is 9.78 Å². The molecule has 0 spiro atoms. The first-order valence-electron chi connectivity index (χ1n) is 10.8. The Morgan fingerprint density at radius 2 is 1.81 bits per heavy atom. The third kappa shape index (κ3) is 4.90. The number of anilines is 2. The second-order valence-electron chi connectivity index (χ2n) is 9.07. The van der Waals surface area contributed by atoms with Gasteiger partial charge in [0.2, 0.25) is 0 Å². The number of carbonyl (C=O) groups excluding carboxylic acids is 1. The maximum Gasteiger partial charge on any atom is 0.410 e. The van der Waals surface area contributed by atoms with E-state index in [1.807, 2.05) is 39.0 Å². The second-order valence-corrected chi connectivity index (χ2v) is 9.07. The molecule has 162 valence electrons. The van der Waals surface area contributed by atoms with Crippen LogP contribution in [0.15, 0.2) is 54.7 Å². The van der Waals surface area contributed by atoms with Gasteiger partial charge in [-0.15, -0.1) is 0 Å². The lowest BCUT2D eigenvalue weighted by atomic mass is 10.0. The molecule has 0 aliphatic carbocycles. The maximum atomic E-state index is 12.3. The standard InChI is InChI=1S/C25H30N4O2/c1-25(2,3)31-24(30)29-14-11-20(12-15-29)28-23-22(26)21(10-13-27-23)19-9-8-17-6-4-5-7-18(17)16-19/h4-10,13,16,20H,11-12,14-15,26H2,1-3H3,(H,27,28). The van der Waals surface area contributed by atoms with Gasteiger partial charge in [-0.1, -0.05) is 36.4 Å². The molecule has 4 rings (SSSR count). The molecule has 2 heterocycles. The number of fused-ring (bicyclic) bond motifs is 1. The summed E-state index contributed by atoms with van der Waals surface area (Å²) in [5, 5.41) is 5.87. The zero-order chi connectivity index (χ0) is 22.0. The fourth-order valence-corrected chi connectivity index (χ4v) is 3.92. The van der Waals surface area contributed by atoms with Gasteiger partial charge in [0.25, 0.3) is 0 Å². The Morgan fingerprint density at radius 1 is 1.10 bits per heavy atom. The van der Waals surface area contributed by atoms with Crippen LogP contribution in [0.3, 0.4) is 0 Å². The van der Waals surface area contributed by atoms with E-state index in [9.17, 15) is 4.79 Å². The Bertz CT molecular complexity index is 1080. The van der Waals surface area contributed by atoms with Crippen molar-refractivity contribution in [1.82, 2.24) is 9.88 Å². The molecule has 1 aliphatic rings. The van der Waals surface area contributed by atoms with Gasteiger partial charge in [0.05, 0.1) is 5.69 Å². The molecule has 6 heteroatoms. The van der Waals surface area contributed by atoms with Crippen LogP contribution >= 0.6 is 0 Å². The molecule has 1 amide bonds. The highest BCUT2D eigenvalue weighted by Crippen LogP contribution is 2.33. The quantitative estimate of drug-likeness (QED) is 0.604. The first kappa shape index (κ1) is 21.0. The number of carbonyl (C=O) groups is 1. The van der Waals surface area contributed by atoms with Crippen LogP contribution in [-0.2, 0) is 4.74 Å². The van der Waals surface area contributed by atoms with E-state index in [4.69, 9.17) is 10.5 Å². The van der Waals surface area contributed by atoms with E-state index < -0.39 is 5.60 Å². The smallest absolute Gasteiger partial charge is 0.410 e. The molecule has 1 aromatic heterocycles. The van der Waals surface area contributed by atoms with E-state index >= 15 is 0 Å². The monoisotopic (exact) mass is 418 g/mol. The molecule has 3 N–H and O–H groups in total. The highest BCUT2D eigenvalue weighted by atomic mass is 16.6. The minimum atomic E-state index is -0.478. The number of nitrogen functional groups attached to an aromatic ring is 1. The topological polar surface area (TPSA) is 80.5 Å². The van der Waals surface area contributed by atoms with Gasteiger partial charge in [0.1, 0.15) is 11.4 Å². The number of likely N-dealkylation sites (tertiary alicyclic amines) is 1. The zero-order valence-electron chi connectivity index (χ0n) is 18.4. The van der Waals surface area contributed by atoms with Crippen LogP contribution < -0.4 is 11.1 Å². The number of hydrogen-bond acceptors (Lipinski definition) is 5. The van der Waals surface area contributed by atoms with Gasteiger partial charge in [-0.3, -0.25) is 0 Å². The van der Waals surface area contributed by atoms with Gasteiger partial charge in [0, 0.05) is 30.9 Å². The number of benzene rings is 2. The molecule has 1 aliphatic heterocycles. The van der Waals surface area contributed by atoms with E-state index in [1.165, 1.54) is 10.8 Å². The molecule has 31 heavy (non-hydrogen) atoms. The van der Waals surface area contributed by atoms with Crippen LogP contribution in [0.25, 0.3) is 21.9 Å². The summed E-state index contributed by atoms with van der Waals surface area (Å²) in [6, 6.07) is 16.8. The predicted octanol–water partition coefficient (Wildman–Crippen LogP) is 5.30. The minimum Gasteiger partial charge on any atom is -0.444 e. The van der Waals surface area contributed by atoms with Crippen LogP contribution in [-0.4, -0.2) is 40.7 Å². The van der Waals surface area contributed by atoms with Gasteiger partial charge in [0.15, 0.2) is 0 Å². The number of nitrogens with one attached hydrogen (secondary N) is 1. The Kier molecular flexibility index (Phi) is 5.72. The molecule has 1 fully saturated rings. The van der Waals surface area contributed by atoms with Crippen molar-refractivity contribution in [1.29, 1.82) is 0 Å². The number of ether oxygens (including phenoxy) is 1. The molecule has 3 aromatic rings. The van der Waals surface area contributed by atoms with E-state index in [0.717, 1.165) is 24.0 Å². The Balaban J connectivity index is 1.45. The van der Waals surface area contributed by atoms with Gasteiger partial charge >= 0.3 is 6.09 Å². The van der Waals surface area contributed by atoms with Crippen molar-refractivity contribution in [2.45, 2.75) is 45.3 Å². The number of piperidine rings is 1. The van der Waals surface area contributed by atoms with E-state index in [-0.39, 0.29) is 12.1 Å². The summed E-state index contributed by atoms with van der Waals surface area (Å²) in [7, 11) is 0. The van der Waals surface area contributed by atoms with E-state index in [0.29, 0.717) is 24.6 Å². The lowest BCUT2D eigenvalue weighted by molar-refractivity contribution is 0.0210. The fraction of sp³-hybridized carbons (Fsp3) is 0.360. The normalized spacial score (nSPS) is 15.1. The van der Waals surface area contributed by atoms with Gasteiger partial charge < -0.3 is 20.7 Å². The van der Waals surface area contributed by atoms with Crippen LogP contribution in [0.1, 0.15) is 33.6 Å². The van der Waals surface area contributed by atoms with Crippen molar-refractivity contribution < 1.29 is 9.53 Å². The summed E-state index contributed by atoms with van der Waals surface area (Å²) in [6.45, 7) is 6.95. The Morgan fingerprint density at radius 3 is 2.52 bits per heavy atom. The third-order valence-corrected chi connectivity index (χ3v) is 5.54. The largest absolute Gasteiger partial charge is 0.444 e. The molecule has 1 saturated heterocycles. The zero-order valence-corrected chi connectivity index (χ0v) is 18.4. The van der Waals surface area contributed by atoms with Crippen molar-refractivity contribution in [2.75, 3.05) is 24.1 Å². The van der Waals surface area contributed by atoms with Gasteiger partial charge in [-0.2, -0.15) is 0 Å². The molecular weight excluding hydrogens is 388 g/mol. The summed E-state index contributed by atoms with van der Waals surface area (Å²) in [6.07, 6.45) is 3.18. The van der Waals surface area contributed by atoms with E-state index in [1.54, 1.807) is 11.1 Å². The number of nitrogens with zero attached hydrogens (tertiary/aromatic N) is 2. The SMILES string of the molecule is CC(C)(C)OC(=O)N1CCC(Nc2nccc(-c3ccc4ccccc4c3)c2N)CC1. The van der Waals surface area contributed by atoms with E-state index in [2.05, 4.69) is 40.6 Å². The molecule has 0 saturated carbocycles. The lowest BCUT2D eigenvalue weighted by Gasteiger charge is -2.34. The second kappa shape index (κ2) is 8.46. The van der Waals surface area contributed by atoms with Crippen molar-refractivity contribution >= 4 is 28.4 Å². The first-order valence-corrected chi connectivity index (χ1v) is 10.8. The number of hydrogen-bond donors (Lipinski definition) is 2. The maximum absolute atomic E-state index is 12.3. The summed E-state index contributed by atoms with van der Waals surface area (Å²) in [5.74, 6) is 0.696. The van der Waals surface area contributed by atoms with Crippen molar-refractivity contribution in [3.63, 3.8) is 0 Å². The third-order valence-electron chi connectivity index (χ3n) is 5.54. The number of aromatic nitrogens is 1. The Hall–Kier alpha value is -3.28. The average Bonchev–Trinajstić information content (AvgIpc) is 2.74. The first-order chi connectivity index (χ1) is 14.8. The number of amides is 1. The minimum absolute atomic E-state index is 0.209. The molecule has 0 bridgehead atoms. The summed E-state index contributed by atoms with van der Waals surface area (Å²) >= 11 is 0. The number of nitrogens with two attached hydrogens (primary N) is 1. The Labute approximate surface area is 183 Å². The van der Waals surface area contributed by atoms with Crippen LogP contribution in [0.2, 0.25) is 0 Å². The predicted molar refractivity (Wildman–Crippen MR) is 126 cm³/mol. The molecule has 0 radical (unpaired) electrons. The highest BCUT2D eigenvalue weighted by molar-refractivity contribution is 5.91. The molecule has 6 nitrogen and oxygen atoms in total. The summed E-state index contributed by atoms with van der Waals surface area (Å²) < 4.78 is 5.48. The van der Waals surface area contributed by atoms with Gasteiger partial charge in [-0.05, 0) is 62.1 Å². The molecular formula is C25H30N4O2. The van der Waals surface area contributed by atoms with Crippen molar-refractivity contribution in [3.8, 4) is 11.1 Å². The number of rotatable bonds is 3. The number of pyridine rings is 1. The molecule has 0 atom stereocenters. The highest BCUT2D eigenvalue weighted by Gasteiger charge is 2.27. The summed E-state index contributed by atoms with van der Waals surface area (Å²) in [5.41, 5.74) is 8.72. The average molecular weight is 419 g/mol. The molecule has 0 unspecified atom stereocenters. The van der Waals surface area contributed by atoms with Crippen molar-refractivity contribution in [3.05, 3.63) is 54.7 Å². The fourth-order valence-electron chi connectivity index (χ4n) is 3.92. The van der Waals surface area contributed by atoms with Crippen LogP contribution in [0.4, 0.5) is 16.3 Å². The van der Waals surface area contributed by atoms with Crippen LogP contribution in [0, 0.1) is 0 Å². The van der Waals surface area contributed by atoms with Crippen LogP contribution in [0.5, 0.6) is 0 Å². The van der Waals surface area contributed by atoms with Crippen molar-refractivity contribution in [2.24, 2.45) is 0 Å². The molecule has 2 aromatic carbocycles.